The Kier molecular flexibility index (Phi) is 4.39. The van der Waals surface area contributed by atoms with Gasteiger partial charge >= 0.3 is 5.97 Å². The van der Waals surface area contributed by atoms with Crippen molar-refractivity contribution in [1.82, 2.24) is 5.16 Å². The van der Waals surface area contributed by atoms with E-state index in [2.05, 4.69) is 5.16 Å². The number of hydrogen-bond acceptors (Lipinski definition) is 5. The van der Waals surface area contributed by atoms with Crippen LogP contribution in [0.15, 0.2) is 28.8 Å². The van der Waals surface area contributed by atoms with Crippen molar-refractivity contribution in [3.8, 4) is 6.07 Å². The lowest BCUT2D eigenvalue weighted by molar-refractivity contribution is 0.0468. The Morgan fingerprint density at radius 1 is 1.38 bits per heavy atom. The van der Waals surface area contributed by atoms with E-state index in [1.54, 1.807) is 31.2 Å². The van der Waals surface area contributed by atoms with Crippen molar-refractivity contribution in [3.05, 3.63) is 52.4 Å². The van der Waals surface area contributed by atoms with Crippen LogP contribution in [0.3, 0.4) is 0 Å². The highest BCUT2D eigenvalue weighted by Gasteiger charge is 2.23. The Labute approximate surface area is 123 Å². The number of carbonyl (C=O) groups is 1. The summed E-state index contributed by atoms with van der Waals surface area (Å²) in [7, 11) is 0. The zero-order valence-corrected chi connectivity index (χ0v) is 12.2. The van der Waals surface area contributed by atoms with Crippen LogP contribution in [0.2, 0.25) is 0 Å². The predicted molar refractivity (Wildman–Crippen MR) is 75.6 cm³/mol. The first-order valence-corrected chi connectivity index (χ1v) is 6.65. The van der Waals surface area contributed by atoms with Crippen LogP contribution >= 0.6 is 0 Å². The van der Waals surface area contributed by atoms with Gasteiger partial charge in [0.1, 0.15) is 12.2 Å². The summed E-state index contributed by atoms with van der Waals surface area (Å²) in [5, 5.41) is 12.6. The first-order valence-electron chi connectivity index (χ1n) is 6.65. The maximum atomic E-state index is 12.2. The summed E-state index contributed by atoms with van der Waals surface area (Å²) >= 11 is 0. The molecule has 108 valence electrons. The van der Waals surface area contributed by atoms with Crippen molar-refractivity contribution in [2.75, 3.05) is 0 Å². The average Bonchev–Trinajstić information content (AvgIpc) is 2.87. The first-order chi connectivity index (χ1) is 10.0. The fourth-order valence-electron chi connectivity index (χ4n) is 1.93. The highest BCUT2D eigenvalue weighted by atomic mass is 16.5. The minimum absolute atomic E-state index is 0.0589. The SMILES string of the molecule is Cc1noc(C(C)C)c1C(=O)OCc1ccc(C#N)cc1. The van der Waals surface area contributed by atoms with Gasteiger partial charge in [-0.2, -0.15) is 5.26 Å². The molecule has 0 aliphatic carbocycles. The molecule has 0 spiro atoms. The number of carbonyl (C=O) groups excluding carboxylic acids is 1. The molecule has 0 amide bonds. The lowest BCUT2D eigenvalue weighted by atomic mass is 10.1. The topological polar surface area (TPSA) is 76.1 Å². The summed E-state index contributed by atoms with van der Waals surface area (Å²) < 4.78 is 10.5. The van der Waals surface area contributed by atoms with E-state index in [0.29, 0.717) is 22.6 Å². The van der Waals surface area contributed by atoms with Gasteiger partial charge in [0.05, 0.1) is 17.3 Å². The third-order valence-electron chi connectivity index (χ3n) is 3.07. The van der Waals surface area contributed by atoms with Crippen LogP contribution in [-0.4, -0.2) is 11.1 Å². The van der Waals surface area contributed by atoms with Crippen LogP contribution in [0.1, 0.15) is 52.7 Å². The highest BCUT2D eigenvalue weighted by Crippen LogP contribution is 2.23. The van der Waals surface area contributed by atoms with Crippen LogP contribution in [0.5, 0.6) is 0 Å². The standard InChI is InChI=1S/C16H16N2O3/c1-10(2)15-14(11(3)18-21-15)16(19)20-9-13-6-4-12(8-17)5-7-13/h4-7,10H,9H2,1-3H3. The van der Waals surface area contributed by atoms with Gasteiger partial charge < -0.3 is 9.26 Å². The van der Waals surface area contributed by atoms with Gasteiger partial charge in [-0.25, -0.2) is 4.79 Å². The van der Waals surface area contributed by atoms with Crippen molar-refractivity contribution in [2.45, 2.75) is 33.3 Å². The molecule has 0 unspecified atom stereocenters. The van der Waals surface area contributed by atoms with Gasteiger partial charge in [0.25, 0.3) is 0 Å². The summed E-state index contributed by atoms with van der Waals surface area (Å²) in [6.07, 6.45) is 0. The largest absolute Gasteiger partial charge is 0.457 e. The molecule has 21 heavy (non-hydrogen) atoms. The maximum Gasteiger partial charge on any atom is 0.344 e. The molecule has 1 aromatic heterocycles. The predicted octanol–water partition coefficient (Wildman–Crippen LogP) is 3.34. The van der Waals surface area contributed by atoms with E-state index >= 15 is 0 Å². The summed E-state index contributed by atoms with van der Waals surface area (Å²) in [5.74, 6) is 0.155. The summed E-state index contributed by atoms with van der Waals surface area (Å²) in [4.78, 5) is 12.2. The number of nitriles is 1. The van der Waals surface area contributed by atoms with Crippen LogP contribution < -0.4 is 0 Å². The lowest BCUT2D eigenvalue weighted by Crippen LogP contribution is -2.09. The third-order valence-corrected chi connectivity index (χ3v) is 3.07. The van der Waals surface area contributed by atoms with Crippen LogP contribution in [0.25, 0.3) is 0 Å². The molecule has 5 nitrogen and oxygen atoms in total. The molecule has 0 saturated heterocycles. The van der Waals surface area contributed by atoms with Gasteiger partial charge in [-0.15, -0.1) is 0 Å². The number of benzene rings is 1. The van der Waals surface area contributed by atoms with Crippen molar-refractivity contribution < 1.29 is 14.1 Å². The van der Waals surface area contributed by atoms with Crippen molar-refractivity contribution in [3.63, 3.8) is 0 Å². The zero-order chi connectivity index (χ0) is 15.4. The van der Waals surface area contributed by atoms with Gasteiger partial charge in [0, 0.05) is 5.92 Å². The van der Waals surface area contributed by atoms with Crippen LogP contribution in [-0.2, 0) is 11.3 Å². The van der Waals surface area contributed by atoms with Gasteiger partial charge in [0.2, 0.25) is 0 Å². The number of rotatable bonds is 4. The number of hydrogen-bond donors (Lipinski definition) is 0. The normalized spacial score (nSPS) is 10.4. The van der Waals surface area contributed by atoms with Crippen molar-refractivity contribution in [2.24, 2.45) is 0 Å². The van der Waals surface area contributed by atoms with Gasteiger partial charge in [-0.3, -0.25) is 0 Å². The number of ether oxygens (including phenoxy) is 1. The van der Waals surface area contributed by atoms with Gasteiger partial charge in [0.15, 0.2) is 5.76 Å². The average molecular weight is 284 g/mol. The lowest BCUT2D eigenvalue weighted by Gasteiger charge is -2.06. The molecule has 0 aliphatic heterocycles. The Morgan fingerprint density at radius 3 is 2.62 bits per heavy atom. The smallest absolute Gasteiger partial charge is 0.344 e. The van der Waals surface area contributed by atoms with E-state index in [1.165, 1.54) is 0 Å². The number of nitrogens with zero attached hydrogens (tertiary/aromatic N) is 2. The summed E-state index contributed by atoms with van der Waals surface area (Å²) in [5.41, 5.74) is 2.33. The quantitative estimate of drug-likeness (QED) is 0.805. The van der Waals surface area contributed by atoms with E-state index in [4.69, 9.17) is 14.5 Å². The second kappa shape index (κ2) is 6.23. The maximum absolute atomic E-state index is 12.2. The number of aryl methyl sites for hydroxylation is 1. The Bertz CT molecular complexity index is 679. The molecule has 2 aromatic rings. The minimum atomic E-state index is -0.443. The molecule has 1 aromatic carbocycles. The summed E-state index contributed by atoms with van der Waals surface area (Å²) in [6, 6.07) is 8.94. The Balaban J connectivity index is 2.08. The van der Waals surface area contributed by atoms with E-state index in [1.807, 2.05) is 19.9 Å². The molecule has 2 rings (SSSR count). The van der Waals surface area contributed by atoms with Crippen LogP contribution in [0, 0.1) is 18.3 Å². The highest BCUT2D eigenvalue weighted by molar-refractivity contribution is 5.91. The third kappa shape index (κ3) is 3.29. The molecule has 5 heteroatoms. The van der Waals surface area contributed by atoms with Gasteiger partial charge in [-0.05, 0) is 24.6 Å². The van der Waals surface area contributed by atoms with Crippen molar-refractivity contribution in [1.29, 1.82) is 5.26 Å². The Hall–Kier alpha value is -2.61. The van der Waals surface area contributed by atoms with Gasteiger partial charge in [-0.1, -0.05) is 31.1 Å². The van der Waals surface area contributed by atoms with E-state index in [9.17, 15) is 4.79 Å². The minimum Gasteiger partial charge on any atom is -0.457 e. The molecule has 0 radical (unpaired) electrons. The fraction of sp³-hybridized carbons (Fsp3) is 0.312. The number of aromatic nitrogens is 1. The van der Waals surface area contributed by atoms with Crippen molar-refractivity contribution >= 4 is 5.97 Å². The molecule has 0 atom stereocenters. The van der Waals surface area contributed by atoms with E-state index in [-0.39, 0.29) is 12.5 Å². The second-order valence-electron chi connectivity index (χ2n) is 5.05. The molecule has 1 heterocycles. The Morgan fingerprint density at radius 2 is 2.05 bits per heavy atom. The van der Waals surface area contributed by atoms with Crippen LogP contribution in [0.4, 0.5) is 0 Å². The first kappa shape index (κ1) is 14.8. The molecule has 0 aliphatic rings. The molecule has 0 fully saturated rings. The van der Waals surface area contributed by atoms with E-state index < -0.39 is 5.97 Å². The second-order valence-corrected chi connectivity index (χ2v) is 5.05. The number of esters is 1. The fourth-order valence-corrected chi connectivity index (χ4v) is 1.93. The molecule has 0 N–H and O–H groups in total. The molecular weight excluding hydrogens is 268 g/mol. The monoisotopic (exact) mass is 284 g/mol. The molecule has 0 bridgehead atoms. The molecular formula is C16H16N2O3. The summed E-state index contributed by atoms with van der Waals surface area (Å²) in [6.45, 7) is 5.72. The zero-order valence-electron chi connectivity index (χ0n) is 12.2. The van der Waals surface area contributed by atoms with E-state index in [0.717, 1.165) is 5.56 Å². The molecule has 0 saturated carbocycles.